The summed E-state index contributed by atoms with van der Waals surface area (Å²) in [5, 5.41) is 0.637. The maximum Gasteiger partial charge on any atom is 0.332 e. The average molecular weight is 278 g/mol. The predicted molar refractivity (Wildman–Crippen MR) is 75.6 cm³/mol. The summed E-state index contributed by atoms with van der Waals surface area (Å²) in [5.74, 6) is 0.308. The highest BCUT2D eigenvalue weighted by molar-refractivity contribution is 6.30. The van der Waals surface area contributed by atoms with Crippen molar-refractivity contribution in [3.05, 3.63) is 61.8 Å². The fourth-order valence-electron chi connectivity index (χ4n) is 1.53. The van der Waals surface area contributed by atoms with Crippen LogP contribution in [0.15, 0.2) is 44.9 Å². The van der Waals surface area contributed by atoms with Gasteiger partial charge in [-0.3, -0.25) is 13.9 Å². The second-order valence-electron chi connectivity index (χ2n) is 4.05. The molecule has 0 N–H and O–H groups in total. The van der Waals surface area contributed by atoms with Gasteiger partial charge in [0.1, 0.15) is 5.82 Å². The first-order valence-corrected chi connectivity index (χ1v) is 5.93. The molecule has 0 bridgehead atoms. The van der Waals surface area contributed by atoms with Crippen molar-refractivity contribution in [1.29, 1.82) is 0 Å². The molecule has 0 fully saturated rings. The standard InChI is InChI=1S/C13H12ClN3O2/c1-16-11(7-12(18)17(2)13(16)19)15-8-9-3-5-10(14)6-4-9/h3-8H,1-2H3/b15-8-. The number of nitrogens with zero attached hydrogens (tertiary/aromatic N) is 3. The SMILES string of the molecule is Cn1c(/N=C\c2ccc(Cl)cc2)cc(=O)n(C)c1=O. The molecular weight excluding hydrogens is 266 g/mol. The Morgan fingerprint density at radius 2 is 1.74 bits per heavy atom. The lowest BCUT2D eigenvalue weighted by molar-refractivity contribution is 0.689. The first-order valence-electron chi connectivity index (χ1n) is 5.56. The molecule has 6 heteroatoms. The van der Waals surface area contributed by atoms with Gasteiger partial charge in [0.2, 0.25) is 0 Å². The van der Waals surface area contributed by atoms with Crippen LogP contribution in [0.2, 0.25) is 5.02 Å². The van der Waals surface area contributed by atoms with Crippen LogP contribution in [0, 0.1) is 0 Å². The molecule has 1 aromatic heterocycles. The van der Waals surface area contributed by atoms with E-state index >= 15 is 0 Å². The fourth-order valence-corrected chi connectivity index (χ4v) is 1.66. The minimum absolute atomic E-state index is 0.308. The van der Waals surface area contributed by atoms with Gasteiger partial charge in [-0.1, -0.05) is 23.7 Å². The van der Waals surface area contributed by atoms with Crippen molar-refractivity contribution in [3.8, 4) is 0 Å². The third kappa shape index (κ3) is 2.82. The molecule has 2 rings (SSSR count). The Hall–Kier alpha value is -2.14. The topological polar surface area (TPSA) is 56.4 Å². The number of rotatable bonds is 2. The Bertz CT molecular complexity index is 742. The van der Waals surface area contributed by atoms with E-state index in [1.807, 2.05) is 0 Å². The largest absolute Gasteiger partial charge is 0.332 e. The molecule has 98 valence electrons. The second kappa shape index (κ2) is 5.24. The summed E-state index contributed by atoms with van der Waals surface area (Å²) in [4.78, 5) is 27.4. The molecule has 2 aromatic rings. The van der Waals surface area contributed by atoms with Crippen LogP contribution in [0.5, 0.6) is 0 Å². The maximum absolute atomic E-state index is 11.7. The van der Waals surface area contributed by atoms with Crippen molar-refractivity contribution in [3.63, 3.8) is 0 Å². The smallest absolute Gasteiger partial charge is 0.281 e. The summed E-state index contributed by atoms with van der Waals surface area (Å²) in [5.41, 5.74) is 0.0413. The third-order valence-corrected chi connectivity index (χ3v) is 2.97. The van der Waals surface area contributed by atoms with E-state index in [0.717, 1.165) is 10.1 Å². The minimum atomic E-state index is -0.407. The van der Waals surface area contributed by atoms with Crippen molar-refractivity contribution in [2.45, 2.75) is 0 Å². The molecule has 0 unspecified atom stereocenters. The summed E-state index contributed by atoms with van der Waals surface area (Å²) < 4.78 is 2.34. The summed E-state index contributed by atoms with van der Waals surface area (Å²) in [6, 6.07) is 8.39. The van der Waals surface area contributed by atoms with E-state index in [2.05, 4.69) is 4.99 Å². The van der Waals surface area contributed by atoms with Gasteiger partial charge in [0.05, 0.1) is 0 Å². The predicted octanol–water partition coefficient (Wildman–Crippen LogP) is 1.49. The van der Waals surface area contributed by atoms with Crippen LogP contribution < -0.4 is 11.2 Å². The minimum Gasteiger partial charge on any atom is -0.281 e. The maximum atomic E-state index is 11.7. The van der Waals surface area contributed by atoms with Crippen LogP contribution >= 0.6 is 11.6 Å². The zero-order valence-corrected chi connectivity index (χ0v) is 11.3. The first kappa shape index (κ1) is 13.3. The molecule has 0 saturated heterocycles. The molecule has 19 heavy (non-hydrogen) atoms. The summed E-state index contributed by atoms with van der Waals surface area (Å²) >= 11 is 5.78. The van der Waals surface area contributed by atoms with Crippen molar-refractivity contribution in [1.82, 2.24) is 9.13 Å². The molecule has 0 aliphatic heterocycles. The van der Waals surface area contributed by atoms with Crippen LogP contribution in [-0.2, 0) is 14.1 Å². The average Bonchev–Trinajstić information content (AvgIpc) is 2.41. The van der Waals surface area contributed by atoms with E-state index in [1.165, 1.54) is 17.7 Å². The normalized spacial score (nSPS) is 11.1. The lowest BCUT2D eigenvalue weighted by atomic mass is 10.2. The highest BCUT2D eigenvalue weighted by Gasteiger charge is 2.03. The number of aliphatic imine (C=N–C) groups is 1. The first-order chi connectivity index (χ1) is 8.99. The Balaban J connectivity index is 2.42. The molecule has 0 spiro atoms. The van der Waals surface area contributed by atoms with E-state index in [-0.39, 0.29) is 5.56 Å². The van der Waals surface area contributed by atoms with Crippen LogP contribution in [0.25, 0.3) is 0 Å². The van der Waals surface area contributed by atoms with E-state index in [9.17, 15) is 9.59 Å². The van der Waals surface area contributed by atoms with E-state index < -0.39 is 5.69 Å². The summed E-state index contributed by atoms with van der Waals surface area (Å²) in [6.45, 7) is 0. The van der Waals surface area contributed by atoms with Crippen molar-refractivity contribution >= 4 is 23.6 Å². The lowest BCUT2D eigenvalue weighted by Gasteiger charge is -2.04. The monoisotopic (exact) mass is 277 g/mol. The second-order valence-corrected chi connectivity index (χ2v) is 4.49. The highest BCUT2D eigenvalue weighted by atomic mass is 35.5. The molecule has 0 radical (unpaired) electrons. The van der Waals surface area contributed by atoms with Gasteiger partial charge in [-0.2, -0.15) is 0 Å². The van der Waals surface area contributed by atoms with Crippen molar-refractivity contribution < 1.29 is 0 Å². The summed E-state index contributed by atoms with van der Waals surface area (Å²) in [7, 11) is 2.99. The number of benzene rings is 1. The molecule has 5 nitrogen and oxygen atoms in total. The van der Waals surface area contributed by atoms with Crippen LogP contribution in [-0.4, -0.2) is 15.3 Å². The quantitative estimate of drug-likeness (QED) is 0.781. The Morgan fingerprint density at radius 3 is 2.37 bits per heavy atom. The van der Waals surface area contributed by atoms with Gasteiger partial charge in [-0.25, -0.2) is 9.79 Å². The Kier molecular flexibility index (Phi) is 3.66. The van der Waals surface area contributed by atoms with Crippen LogP contribution in [0.3, 0.4) is 0 Å². The number of hydrogen-bond acceptors (Lipinski definition) is 3. The number of hydrogen-bond donors (Lipinski definition) is 0. The zero-order valence-electron chi connectivity index (χ0n) is 10.5. The van der Waals surface area contributed by atoms with Gasteiger partial charge in [0.25, 0.3) is 5.56 Å². The molecule has 0 aliphatic rings. The molecule has 0 atom stereocenters. The van der Waals surface area contributed by atoms with E-state index in [0.29, 0.717) is 10.8 Å². The number of halogens is 1. The van der Waals surface area contributed by atoms with Crippen molar-refractivity contribution in [2.24, 2.45) is 19.1 Å². The van der Waals surface area contributed by atoms with E-state index in [1.54, 1.807) is 37.5 Å². The van der Waals surface area contributed by atoms with Gasteiger partial charge in [-0.15, -0.1) is 0 Å². The molecule has 0 aliphatic carbocycles. The van der Waals surface area contributed by atoms with E-state index in [4.69, 9.17) is 11.6 Å². The molecule has 1 heterocycles. The molecule has 0 saturated carbocycles. The Labute approximate surface area is 114 Å². The van der Waals surface area contributed by atoms with Gasteiger partial charge < -0.3 is 0 Å². The molecular formula is C13H12ClN3O2. The van der Waals surface area contributed by atoms with Gasteiger partial charge in [0, 0.05) is 31.4 Å². The highest BCUT2D eigenvalue weighted by Crippen LogP contribution is 2.09. The van der Waals surface area contributed by atoms with Crippen LogP contribution in [0.4, 0.5) is 5.82 Å². The van der Waals surface area contributed by atoms with Crippen molar-refractivity contribution in [2.75, 3.05) is 0 Å². The lowest BCUT2D eigenvalue weighted by Crippen LogP contribution is -2.35. The van der Waals surface area contributed by atoms with Gasteiger partial charge in [-0.05, 0) is 17.7 Å². The Morgan fingerprint density at radius 1 is 1.11 bits per heavy atom. The van der Waals surface area contributed by atoms with Crippen LogP contribution in [0.1, 0.15) is 5.56 Å². The molecule has 1 aromatic carbocycles. The zero-order chi connectivity index (χ0) is 14.0. The van der Waals surface area contributed by atoms with Gasteiger partial charge in [0.15, 0.2) is 0 Å². The summed E-state index contributed by atoms with van der Waals surface area (Å²) in [6.07, 6.45) is 1.57. The molecule has 0 amide bonds. The number of aromatic nitrogens is 2. The fraction of sp³-hybridized carbons (Fsp3) is 0.154. The third-order valence-electron chi connectivity index (χ3n) is 2.72. The van der Waals surface area contributed by atoms with Gasteiger partial charge >= 0.3 is 5.69 Å².